The molecule has 0 bridgehead atoms. The van der Waals surface area contributed by atoms with Crippen LogP contribution in [-0.4, -0.2) is 12.6 Å². The summed E-state index contributed by atoms with van der Waals surface area (Å²) in [5.74, 6) is -0.966. The molecule has 1 heterocycles. The van der Waals surface area contributed by atoms with Crippen molar-refractivity contribution >= 4 is 39.0 Å². The van der Waals surface area contributed by atoms with E-state index in [2.05, 4.69) is 4.74 Å². The second kappa shape index (κ2) is 5.02. The highest BCUT2D eigenvalue weighted by atomic mass is 35.5. The Morgan fingerprint density at radius 3 is 2.68 bits per heavy atom. The minimum absolute atomic E-state index is 0.0190. The van der Waals surface area contributed by atoms with Crippen molar-refractivity contribution in [3.8, 4) is 0 Å². The molecule has 0 atom stereocenters. The van der Waals surface area contributed by atoms with Crippen LogP contribution in [0.25, 0.3) is 10.1 Å². The molecule has 0 spiro atoms. The molecule has 0 fully saturated rings. The summed E-state index contributed by atoms with van der Waals surface area (Å²) in [6, 6.07) is 4.15. The summed E-state index contributed by atoms with van der Waals surface area (Å²) in [4.78, 5) is 11.2. The van der Waals surface area contributed by atoms with E-state index in [0.717, 1.165) is 11.3 Å². The van der Waals surface area contributed by atoms with Gasteiger partial charge < -0.3 is 4.74 Å². The molecular formula is C12H8ClF3O2S. The third-order valence-corrected chi connectivity index (χ3v) is 3.78. The molecule has 7 heteroatoms. The second-order valence-corrected chi connectivity index (χ2v) is 5.15. The lowest BCUT2D eigenvalue weighted by Gasteiger charge is -2.08. The van der Waals surface area contributed by atoms with Crippen LogP contribution in [0, 0.1) is 0 Å². The number of esters is 1. The first-order valence-corrected chi connectivity index (χ1v) is 6.50. The second-order valence-electron chi connectivity index (χ2n) is 3.66. The fourth-order valence-electron chi connectivity index (χ4n) is 1.69. The number of ether oxygens (including phenoxy) is 1. The largest absolute Gasteiger partial charge is 0.462 e. The van der Waals surface area contributed by atoms with E-state index in [4.69, 9.17) is 11.6 Å². The third kappa shape index (κ3) is 2.69. The minimum atomic E-state index is -4.63. The molecule has 0 saturated carbocycles. The number of halogens is 4. The number of benzene rings is 1. The maximum Gasteiger partial charge on any atom is 0.418 e. The first kappa shape index (κ1) is 14.1. The summed E-state index contributed by atoms with van der Waals surface area (Å²) in [5, 5.41) is 0.110. The van der Waals surface area contributed by atoms with Gasteiger partial charge in [-0.25, -0.2) is 4.79 Å². The monoisotopic (exact) mass is 308 g/mol. The van der Waals surface area contributed by atoms with Crippen LogP contribution in [0.4, 0.5) is 13.2 Å². The molecule has 2 aromatic rings. The van der Waals surface area contributed by atoms with Crippen molar-refractivity contribution in [3.05, 3.63) is 33.7 Å². The van der Waals surface area contributed by atoms with Gasteiger partial charge in [0.1, 0.15) is 4.88 Å². The molecule has 0 saturated heterocycles. The van der Waals surface area contributed by atoms with Gasteiger partial charge in [0.15, 0.2) is 0 Å². The van der Waals surface area contributed by atoms with E-state index in [-0.39, 0.29) is 17.0 Å². The van der Waals surface area contributed by atoms with E-state index in [0.29, 0.717) is 4.70 Å². The van der Waals surface area contributed by atoms with E-state index in [9.17, 15) is 18.0 Å². The lowest BCUT2D eigenvalue weighted by atomic mass is 10.1. The van der Waals surface area contributed by atoms with Crippen LogP contribution in [0.2, 0.25) is 5.02 Å². The van der Waals surface area contributed by atoms with Gasteiger partial charge >= 0.3 is 12.1 Å². The predicted molar refractivity (Wildman–Crippen MR) is 67.8 cm³/mol. The number of fused-ring (bicyclic) bond motifs is 1. The Morgan fingerprint density at radius 1 is 1.42 bits per heavy atom. The molecule has 0 aliphatic carbocycles. The fourth-order valence-corrected chi connectivity index (χ4v) is 2.96. The van der Waals surface area contributed by atoms with Gasteiger partial charge in [-0.05, 0) is 25.1 Å². The van der Waals surface area contributed by atoms with Crippen molar-refractivity contribution in [2.24, 2.45) is 0 Å². The Morgan fingerprint density at radius 2 is 2.11 bits per heavy atom. The smallest absolute Gasteiger partial charge is 0.418 e. The van der Waals surface area contributed by atoms with Crippen molar-refractivity contribution in [1.29, 1.82) is 0 Å². The standard InChI is InChI=1S/C12H8ClF3O2S/c1-2-18-11(17)10-9(12(14,15)16)7-5-6(13)3-4-8(7)19-10/h3-5H,2H2,1H3. The summed E-state index contributed by atoms with van der Waals surface area (Å²) in [6.45, 7) is 1.56. The minimum Gasteiger partial charge on any atom is -0.462 e. The van der Waals surface area contributed by atoms with E-state index in [1.165, 1.54) is 25.1 Å². The zero-order valence-electron chi connectivity index (χ0n) is 9.68. The van der Waals surface area contributed by atoms with Gasteiger partial charge in [0, 0.05) is 15.1 Å². The van der Waals surface area contributed by atoms with E-state index in [1.807, 2.05) is 0 Å². The van der Waals surface area contributed by atoms with Crippen molar-refractivity contribution < 1.29 is 22.7 Å². The summed E-state index contributed by atoms with van der Waals surface area (Å²) in [6.07, 6.45) is -4.63. The zero-order chi connectivity index (χ0) is 14.2. The Bertz CT molecular complexity index is 634. The van der Waals surface area contributed by atoms with Gasteiger partial charge in [-0.3, -0.25) is 0 Å². The molecule has 0 aliphatic heterocycles. The van der Waals surface area contributed by atoms with Crippen LogP contribution < -0.4 is 0 Å². The van der Waals surface area contributed by atoms with Gasteiger partial charge in [0.05, 0.1) is 12.2 Å². The number of hydrogen-bond donors (Lipinski definition) is 0. The summed E-state index contributed by atoms with van der Waals surface area (Å²) in [7, 11) is 0. The number of alkyl halides is 3. The Hall–Kier alpha value is -1.27. The SMILES string of the molecule is CCOC(=O)c1sc2ccc(Cl)cc2c1C(F)(F)F. The summed E-state index contributed by atoms with van der Waals surface area (Å²) < 4.78 is 44.3. The lowest BCUT2D eigenvalue weighted by Crippen LogP contribution is -2.12. The van der Waals surface area contributed by atoms with Gasteiger partial charge in [-0.2, -0.15) is 13.2 Å². The van der Waals surface area contributed by atoms with Crippen LogP contribution in [0.1, 0.15) is 22.2 Å². The molecule has 102 valence electrons. The van der Waals surface area contributed by atoms with Crippen LogP contribution >= 0.6 is 22.9 Å². The van der Waals surface area contributed by atoms with Crippen molar-refractivity contribution in [3.63, 3.8) is 0 Å². The molecule has 2 rings (SSSR count). The molecule has 0 unspecified atom stereocenters. The molecule has 1 aromatic heterocycles. The van der Waals surface area contributed by atoms with Gasteiger partial charge in [-0.15, -0.1) is 11.3 Å². The van der Waals surface area contributed by atoms with E-state index >= 15 is 0 Å². The quantitative estimate of drug-likeness (QED) is 0.748. The Balaban J connectivity index is 2.73. The van der Waals surface area contributed by atoms with Crippen molar-refractivity contribution in [2.75, 3.05) is 6.61 Å². The molecule has 0 aliphatic rings. The average molecular weight is 309 g/mol. The van der Waals surface area contributed by atoms with Crippen LogP contribution in [0.15, 0.2) is 18.2 Å². The molecule has 0 N–H and O–H groups in total. The topological polar surface area (TPSA) is 26.3 Å². The average Bonchev–Trinajstić information content (AvgIpc) is 2.67. The number of carbonyl (C=O) groups excluding carboxylic acids is 1. The van der Waals surface area contributed by atoms with E-state index in [1.54, 1.807) is 0 Å². The molecule has 0 radical (unpaired) electrons. The summed E-state index contributed by atoms with van der Waals surface area (Å²) in [5.41, 5.74) is -0.978. The maximum absolute atomic E-state index is 13.1. The zero-order valence-corrected chi connectivity index (χ0v) is 11.2. The first-order chi connectivity index (χ1) is 8.84. The Labute approximate surface area is 115 Å². The van der Waals surface area contributed by atoms with Crippen molar-refractivity contribution in [2.45, 2.75) is 13.1 Å². The molecular weight excluding hydrogens is 301 g/mol. The van der Waals surface area contributed by atoms with Crippen LogP contribution in [0.3, 0.4) is 0 Å². The highest BCUT2D eigenvalue weighted by molar-refractivity contribution is 7.21. The first-order valence-electron chi connectivity index (χ1n) is 5.31. The lowest BCUT2D eigenvalue weighted by molar-refractivity contribution is -0.136. The Kier molecular flexibility index (Phi) is 3.73. The fraction of sp³-hybridized carbons (Fsp3) is 0.250. The number of rotatable bonds is 2. The number of hydrogen-bond acceptors (Lipinski definition) is 3. The highest BCUT2D eigenvalue weighted by Crippen LogP contribution is 2.43. The number of carbonyl (C=O) groups is 1. The predicted octanol–water partition coefficient (Wildman–Crippen LogP) is 4.75. The molecule has 19 heavy (non-hydrogen) atoms. The van der Waals surface area contributed by atoms with Crippen molar-refractivity contribution in [1.82, 2.24) is 0 Å². The third-order valence-electron chi connectivity index (χ3n) is 2.39. The van der Waals surface area contributed by atoms with Crippen LogP contribution in [0.5, 0.6) is 0 Å². The summed E-state index contributed by atoms with van der Waals surface area (Å²) >= 11 is 6.47. The molecule has 0 amide bonds. The number of thiophene rings is 1. The normalized spacial score (nSPS) is 11.8. The maximum atomic E-state index is 13.1. The van der Waals surface area contributed by atoms with Gasteiger partial charge in [-0.1, -0.05) is 11.6 Å². The highest BCUT2D eigenvalue weighted by Gasteiger charge is 2.39. The molecule has 1 aromatic carbocycles. The van der Waals surface area contributed by atoms with Gasteiger partial charge in [0.2, 0.25) is 0 Å². The van der Waals surface area contributed by atoms with E-state index < -0.39 is 22.6 Å². The van der Waals surface area contributed by atoms with Gasteiger partial charge in [0.25, 0.3) is 0 Å². The molecule has 2 nitrogen and oxygen atoms in total. The van der Waals surface area contributed by atoms with Crippen LogP contribution in [-0.2, 0) is 10.9 Å².